The minimum Gasteiger partial charge on any atom is -0.379 e. The van der Waals surface area contributed by atoms with E-state index in [0.29, 0.717) is 19.1 Å². The third kappa shape index (κ3) is 6.37. The molecule has 1 aliphatic carbocycles. The van der Waals surface area contributed by atoms with Crippen molar-refractivity contribution < 1.29 is 14.3 Å². The van der Waals surface area contributed by atoms with Gasteiger partial charge in [-0.25, -0.2) is 0 Å². The lowest BCUT2D eigenvalue weighted by atomic mass is 9.86. The van der Waals surface area contributed by atoms with E-state index in [4.69, 9.17) is 4.74 Å². The van der Waals surface area contributed by atoms with Crippen LogP contribution in [0.15, 0.2) is 0 Å². The SMILES string of the molecule is CC(C)OCCCNC(=O)C(=O)N[C@@H]1CCCC[C@@H]1C. The molecule has 2 amide bonds. The van der Waals surface area contributed by atoms with Crippen LogP contribution in [0, 0.1) is 5.92 Å². The van der Waals surface area contributed by atoms with Crippen molar-refractivity contribution in [1.82, 2.24) is 10.6 Å². The summed E-state index contributed by atoms with van der Waals surface area (Å²) in [5.41, 5.74) is 0. The molecule has 0 aliphatic heterocycles. The molecule has 0 aromatic heterocycles. The van der Waals surface area contributed by atoms with Gasteiger partial charge in [-0.1, -0.05) is 19.8 Å². The molecule has 1 rings (SSSR count). The number of carbonyl (C=O) groups excluding carboxylic acids is 2. The monoisotopic (exact) mass is 284 g/mol. The van der Waals surface area contributed by atoms with Gasteiger partial charge in [-0.3, -0.25) is 9.59 Å². The van der Waals surface area contributed by atoms with Crippen LogP contribution in [0.3, 0.4) is 0 Å². The van der Waals surface area contributed by atoms with Gasteiger partial charge in [0.05, 0.1) is 6.10 Å². The molecule has 20 heavy (non-hydrogen) atoms. The van der Waals surface area contributed by atoms with Gasteiger partial charge in [0.1, 0.15) is 0 Å². The Morgan fingerprint density at radius 2 is 1.90 bits per heavy atom. The van der Waals surface area contributed by atoms with Gasteiger partial charge in [-0.2, -0.15) is 0 Å². The van der Waals surface area contributed by atoms with Crippen LogP contribution in [0.25, 0.3) is 0 Å². The van der Waals surface area contributed by atoms with E-state index in [1.807, 2.05) is 13.8 Å². The maximum Gasteiger partial charge on any atom is 0.309 e. The summed E-state index contributed by atoms with van der Waals surface area (Å²) in [6, 6.07) is 0.145. The number of hydrogen-bond donors (Lipinski definition) is 2. The first-order valence-electron chi connectivity index (χ1n) is 7.71. The average molecular weight is 284 g/mol. The number of ether oxygens (including phenoxy) is 1. The van der Waals surface area contributed by atoms with Gasteiger partial charge in [-0.15, -0.1) is 0 Å². The summed E-state index contributed by atoms with van der Waals surface area (Å²) in [5.74, 6) is -0.583. The molecule has 2 N–H and O–H groups in total. The molecule has 0 aromatic rings. The molecular weight excluding hydrogens is 256 g/mol. The summed E-state index contributed by atoms with van der Waals surface area (Å²) in [6.07, 6.45) is 5.36. The average Bonchev–Trinajstić information content (AvgIpc) is 2.40. The lowest BCUT2D eigenvalue weighted by molar-refractivity contribution is -0.140. The van der Waals surface area contributed by atoms with Gasteiger partial charge in [0.15, 0.2) is 0 Å². The molecule has 5 heteroatoms. The number of nitrogens with one attached hydrogen (secondary N) is 2. The van der Waals surface area contributed by atoms with Crippen molar-refractivity contribution in [2.45, 2.75) is 65.0 Å². The predicted molar refractivity (Wildman–Crippen MR) is 78.3 cm³/mol. The summed E-state index contributed by atoms with van der Waals surface area (Å²) in [4.78, 5) is 23.4. The minimum absolute atomic E-state index is 0.145. The highest BCUT2D eigenvalue weighted by Crippen LogP contribution is 2.23. The molecule has 1 saturated carbocycles. The van der Waals surface area contributed by atoms with E-state index >= 15 is 0 Å². The van der Waals surface area contributed by atoms with Crippen molar-refractivity contribution in [2.75, 3.05) is 13.2 Å². The largest absolute Gasteiger partial charge is 0.379 e. The Balaban J connectivity index is 2.17. The van der Waals surface area contributed by atoms with Crippen LogP contribution >= 0.6 is 0 Å². The molecule has 0 heterocycles. The van der Waals surface area contributed by atoms with Gasteiger partial charge < -0.3 is 15.4 Å². The first-order valence-corrected chi connectivity index (χ1v) is 7.71. The fraction of sp³-hybridized carbons (Fsp3) is 0.867. The minimum atomic E-state index is -0.535. The van der Waals surface area contributed by atoms with Crippen molar-refractivity contribution in [2.24, 2.45) is 5.92 Å². The normalized spacial score (nSPS) is 22.6. The molecule has 0 radical (unpaired) electrons. The lowest BCUT2D eigenvalue weighted by Gasteiger charge is -2.29. The van der Waals surface area contributed by atoms with Crippen LogP contribution in [0.4, 0.5) is 0 Å². The van der Waals surface area contributed by atoms with E-state index in [0.717, 1.165) is 25.7 Å². The van der Waals surface area contributed by atoms with Crippen molar-refractivity contribution in [3.05, 3.63) is 0 Å². The fourth-order valence-electron chi connectivity index (χ4n) is 2.44. The predicted octanol–water partition coefficient (Wildman–Crippen LogP) is 1.61. The molecule has 0 spiro atoms. The zero-order chi connectivity index (χ0) is 15.0. The second-order valence-corrected chi connectivity index (χ2v) is 5.87. The van der Waals surface area contributed by atoms with E-state index in [2.05, 4.69) is 17.6 Å². The van der Waals surface area contributed by atoms with Crippen molar-refractivity contribution in [3.63, 3.8) is 0 Å². The van der Waals surface area contributed by atoms with Gasteiger partial charge in [0.25, 0.3) is 0 Å². The highest BCUT2D eigenvalue weighted by molar-refractivity contribution is 6.35. The standard InChI is InChI=1S/C15H28N2O3/c1-11(2)20-10-6-9-16-14(18)15(19)17-13-8-5-4-7-12(13)3/h11-13H,4-10H2,1-3H3,(H,16,18)(H,17,19)/t12-,13+/m0/s1. The summed E-state index contributed by atoms with van der Waals surface area (Å²) in [5, 5.41) is 5.47. The quantitative estimate of drug-likeness (QED) is 0.575. The van der Waals surface area contributed by atoms with Crippen molar-refractivity contribution >= 4 is 11.8 Å². The molecule has 116 valence electrons. The van der Waals surface area contributed by atoms with E-state index in [-0.39, 0.29) is 12.1 Å². The highest BCUT2D eigenvalue weighted by Gasteiger charge is 2.25. The Morgan fingerprint density at radius 3 is 2.55 bits per heavy atom. The van der Waals surface area contributed by atoms with Crippen LogP contribution in [-0.4, -0.2) is 37.1 Å². The van der Waals surface area contributed by atoms with Gasteiger partial charge in [-0.05, 0) is 39.0 Å². The molecular formula is C15H28N2O3. The molecule has 1 fully saturated rings. The first-order chi connectivity index (χ1) is 9.50. The maximum atomic E-state index is 11.8. The van der Waals surface area contributed by atoms with E-state index in [1.54, 1.807) is 0 Å². The van der Waals surface area contributed by atoms with Gasteiger partial charge in [0.2, 0.25) is 0 Å². The van der Waals surface area contributed by atoms with Crippen LogP contribution in [0.1, 0.15) is 52.9 Å². The fourth-order valence-corrected chi connectivity index (χ4v) is 2.44. The van der Waals surface area contributed by atoms with Crippen molar-refractivity contribution in [3.8, 4) is 0 Å². The van der Waals surface area contributed by atoms with Crippen LogP contribution in [0.5, 0.6) is 0 Å². The molecule has 0 bridgehead atoms. The molecule has 0 saturated heterocycles. The van der Waals surface area contributed by atoms with Crippen LogP contribution in [0.2, 0.25) is 0 Å². The zero-order valence-electron chi connectivity index (χ0n) is 12.9. The number of hydrogen-bond acceptors (Lipinski definition) is 3. The smallest absolute Gasteiger partial charge is 0.309 e. The number of rotatable bonds is 6. The summed E-state index contributed by atoms with van der Waals surface area (Å²) in [7, 11) is 0. The van der Waals surface area contributed by atoms with E-state index < -0.39 is 11.8 Å². The molecule has 0 aromatic carbocycles. The second-order valence-electron chi connectivity index (χ2n) is 5.87. The second kappa shape index (κ2) is 8.95. The van der Waals surface area contributed by atoms with Gasteiger partial charge >= 0.3 is 11.8 Å². The third-order valence-electron chi connectivity index (χ3n) is 3.69. The molecule has 2 atom stereocenters. The number of amides is 2. The van der Waals surface area contributed by atoms with Crippen molar-refractivity contribution in [1.29, 1.82) is 0 Å². The first kappa shape index (κ1) is 17.0. The van der Waals surface area contributed by atoms with Crippen LogP contribution < -0.4 is 10.6 Å². The number of carbonyl (C=O) groups is 2. The Kier molecular flexibility index (Phi) is 7.59. The van der Waals surface area contributed by atoms with Crippen LogP contribution in [-0.2, 0) is 14.3 Å². The topological polar surface area (TPSA) is 67.4 Å². The molecule has 0 unspecified atom stereocenters. The third-order valence-corrected chi connectivity index (χ3v) is 3.69. The van der Waals surface area contributed by atoms with E-state index in [1.165, 1.54) is 6.42 Å². The van der Waals surface area contributed by atoms with E-state index in [9.17, 15) is 9.59 Å². The molecule has 1 aliphatic rings. The lowest BCUT2D eigenvalue weighted by Crippen LogP contribution is -2.47. The summed E-state index contributed by atoms with van der Waals surface area (Å²) < 4.78 is 5.37. The van der Waals surface area contributed by atoms with Gasteiger partial charge in [0, 0.05) is 19.2 Å². The maximum absolute atomic E-state index is 11.8. The highest BCUT2D eigenvalue weighted by atomic mass is 16.5. The Morgan fingerprint density at radius 1 is 1.20 bits per heavy atom. The Labute approximate surface area is 121 Å². The Bertz CT molecular complexity index is 318. The Hall–Kier alpha value is -1.10. The summed E-state index contributed by atoms with van der Waals surface area (Å²) in [6.45, 7) is 7.14. The zero-order valence-corrected chi connectivity index (χ0v) is 12.9. The summed E-state index contributed by atoms with van der Waals surface area (Å²) >= 11 is 0. The molecule has 5 nitrogen and oxygen atoms in total.